The van der Waals surface area contributed by atoms with Gasteiger partial charge in [-0.1, -0.05) is 33.8 Å². The highest BCUT2D eigenvalue weighted by Gasteiger charge is 2.52. The summed E-state index contributed by atoms with van der Waals surface area (Å²) in [6.45, 7) is 19.1. The SMILES string of the molecule is CC[C@H]1OC(=O)[C@H](C)C(OC2C[C@H](C)[C@@H](O)[C@H](C)O2)[C@H](C)C(O[C@@H]2O[C@H](C)C[C@H](N(C)C)[C@H]2O)[C@](C)(OCCCNCc2cccnc2)C[C@@H](C)NC(=O)[C@H](C)[C@@H](O)[C@]1(C)O. The van der Waals surface area contributed by atoms with Crippen LogP contribution in [0.5, 0.6) is 0 Å². The topological polar surface area (TPSA) is 211 Å². The molecule has 0 spiro atoms. The molecule has 0 saturated carbocycles. The van der Waals surface area contributed by atoms with Crippen LogP contribution >= 0.6 is 0 Å². The lowest BCUT2D eigenvalue weighted by Crippen LogP contribution is -2.61. The number of esters is 1. The van der Waals surface area contributed by atoms with Crippen LogP contribution in [0, 0.1) is 23.7 Å². The second kappa shape index (κ2) is 22.5. The predicted molar refractivity (Wildman–Crippen MR) is 228 cm³/mol. The number of nitrogens with one attached hydrogen (secondary N) is 2. The van der Waals surface area contributed by atoms with Gasteiger partial charge >= 0.3 is 5.97 Å². The Morgan fingerprint density at radius 1 is 0.984 bits per heavy atom. The number of aliphatic hydroxyl groups excluding tert-OH is 3. The molecule has 4 heterocycles. The predicted octanol–water partition coefficient (Wildman–Crippen LogP) is 2.92. The van der Waals surface area contributed by atoms with Gasteiger partial charge in [0, 0.05) is 50.0 Å². The van der Waals surface area contributed by atoms with E-state index in [9.17, 15) is 30.0 Å². The van der Waals surface area contributed by atoms with Crippen molar-refractivity contribution in [1.82, 2.24) is 20.5 Å². The molecule has 0 bridgehead atoms. The van der Waals surface area contributed by atoms with E-state index in [0.717, 1.165) is 5.56 Å². The highest BCUT2D eigenvalue weighted by Crippen LogP contribution is 2.40. The Bertz CT molecular complexity index is 1500. The Morgan fingerprint density at radius 3 is 2.31 bits per heavy atom. The number of hydrogen-bond donors (Lipinski definition) is 6. The average Bonchev–Trinajstić information content (AvgIpc) is 3.20. The molecule has 6 N–H and O–H groups in total. The molecule has 4 rings (SSSR count). The van der Waals surface area contributed by atoms with Crippen molar-refractivity contribution >= 4 is 11.9 Å². The normalized spacial score (nSPS) is 42.3. The van der Waals surface area contributed by atoms with Gasteiger partial charge in [0.1, 0.15) is 17.8 Å². The van der Waals surface area contributed by atoms with Crippen molar-refractivity contribution in [2.24, 2.45) is 23.7 Å². The molecule has 3 unspecified atom stereocenters. The standard InChI is InChI=1S/C45H78N4O12/c1-13-34-45(10,55)39(52)30(7)41(53)48-26(3)22-44(9,56-19-15-18-47-24-32-16-14-17-46-23-32)40(61-43-37(51)33(49(11)12)21-27(4)57-43)28(5)38(29(6)42(54)59-34)60-35-20-25(2)36(50)31(8)58-35/h14,16-17,23,25-31,33-40,43,47,50-52,55H,13,15,18-22,24H2,1-12H3,(H,48,53)/t25-,26+,27+,28-,29+,30+,31-,33-,34+,35?,36+,37+,38?,39+,40?,43-,44+,45+/m0/s1. The first-order valence-corrected chi connectivity index (χ1v) is 22.4. The van der Waals surface area contributed by atoms with Crippen LogP contribution in [0.2, 0.25) is 0 Å². The number of hydrogen-bond acceptors (Lipinski definition) is 15. The number of rotatable bonds is 13. The van der Waals surface area contributed by atoms with Gasteiger partial charge in [-0.3, -0.25) is 14.6 Å². The molecule has 16 nitrogen and oxygen atoms in total. The molecule has 3 saturated heterocycles. The monoisotopic (exact) mass is 867 g/mol. The van der Waals surface area contributed by atoms with Crippen LogP contribution in [0.3, 0.4) is 0 Å². The van der Waals surface area contributed by atoms with Crippen molar-refractivity contribution in [3.05, 3.63) is 30.1 Å². The van der Waals surface area contributed by atoms with E-state index >= 15 is 0 Å². The number of likely N-dealkylation sites (N-methyl/N-ethyl adjacent to an activating group) is 1. The summed E-state index contributed by atoms with van der Waals surface area (Å²) in [6, 6.07) is 3.04. The van der Waals surface area contributed by atoms with E-state index in [2.05, 4.69) is 15.6 Å². The molecular formula is C45H78N4O12. The van der Waals surface area contributed by atoms with E-state index in [4.69, 9.17) is 28.4 Å². The third-order valence-electron chi connectivity index (χ3n) is 13.2. The third kappa shape index (κ3) is 13.1. The van der Waals surface area contributed by atoms with Gasteiger partial charge in [-0.2, -0.15) is 0 Å². The van der Waals surface area contributed by atoms with Crippen molar-refractivity contribution in [3.8, 4) is 0 Å². The number of ether oxygens (including phenoxy) is 6. The Labute approximate surface area is 363 Å². The molecule has 16 heteroatoms. The summed E-state index contributed by atoms with van der Waals surface area (Å²) >= 11 is 0. The Balaban J connectivity index is 1.82. The first kappa shape index (κ1) is 51.3. The summed E-state index contributed by atoms with van der Waals surface area (Å²) in [5, 5.41) is 52.3. The molecule has 0 radical (unpaired) electrons. The van der Waals surface area contributed by atoms with Gasteiger partial charge in [-0.25, -0.2) is 0 Å². The number of aromatic nitrogens is 1. The molecule has 1 aromatic rings. The van der Waals surface area contributed by atoms with Crippen LogP contribution in [0.25, 0.3) is 0 Å². The quantitative estimate of drug-likeness (QED) is 0.124. The number of nitrogens with zero attached hydrogens (tertiary/aromatic N) is 2. The summed E-state index contributed by atoms with van der Waals surface area (Å²) in [5.41, 5.74) is -2.19. The summed E-state index contributed by atoms with van der Waals surface area (Å²) in [5.74, 6) is -4.19. The fourth-order valence-electron chi connectivity index (χ4n) is 9.40. The molecule has 3 fully saturated rings. The molecule has 3 aliphatic heterocycles. The van der Waals surface area contributed by atoms with Crippen molar-refractivity contribution < 1.29 is 58.4 Å². The number of cyclic esters (lactones) is 1. The molecule has 1 aromatic heterocycles. The zero-order chi connectivity index (χ0) is 45.4. The molecule has 0 aliphatic carbocycles. The largest absolute Gasteiger partial charge is 0.459 e. The van der Waals surface area contributed by atoms with Crippen molar-refractivity contribution in [2.75, 3.05) is 27.2 Å². The van der Waals surface area contributed by atoms with E-state index in [1.54, 1.807) is 27.0 Å². The van der Waals surface area contributed by atoms with E-state index < -0.39 is 102 Å². The van der Waals surface area contributed by atoms with E-state index in [1.807, 2.05) is 71.9 Å². The van der Waals surface area contributed by atoms with Crippen molar-refractivity contribution in [3.63, 3.8) is 0 Å². The van der Waals surface area contributed by atoms with Crippen molar-refractivity contribution in [2.45, 2.75) is 193 Å². The number of carbonyl (C=O) groups is 2. The fraction of sp³-hybridized carbons (Fsp3) is 0.844. The van der Waals surface area contributed by atoms with Crippen LogP contribution < -0.4 is 10.6 Å². The van der Waals surface area contributed by atoms with Gasteiger partial charge in [0.15, 0.2) is 12.6 Å². The van der Waals surface area contributed by atoms with Gasteiger partial charge in [-0.05, 0) is 105 Å². The summed E-state index contributed by atoms with van der Waals surface area (Å²) < 4.78 is 39.4. The molecule has 0 aromatic carbocycles. The number of amides is 1. The molecule has 1 amide bonds. The Morgan fingerprint density at radius 2 is 1.69 bits per heavy atom. The minimum Gasteiger partial charge on any atom is -0.459 e. The van der Waals surface area contributed by atoms with Gasteiger partial charge in [0.2, 0.25) is 5.91 Å². The zero-order valence-corrected chi connectivity index (χ0v) is 38.7. The summed E-state index contributed by atoms with van der Waals surface area (Å²) in [6.07, 6.45) is -3.86. The van der Waals surface area contributed by atoms with Gasteiger partial charge in [-0.15, -0.1) is 0 Å². The van der Waals surface area contributed by atoms with E-state index in [-0.39, 0.29) is 37.5 Å². The van der Waals surface area contributed by atoms with Crippen LogP contribution in [0.15, 0.2) is 24.5 Å². The van der Waals surface area contributed by atoms with Crippen LogP contribution in [-0.2, 0) is 44.6 Å². The van der Waals surface area contributed by atoms with Crippen LogP contribution in [0.1, 0.15) is 107 Å². The molecule has 3 aliphatic rings. The maximum atomic E-state index is 14.4. The Hall–Kier alpha value is -2.35. The van der Waals surface area contributed by atoms with E-state index in [0.29, 0.717) is 32.4 Å². The highest BCUT2D eigenvalue weighted by molar-refractivity contribution is 5.79. The lowest BCUT2D eigenvalue weighted by Gasteiger charge is -2.49. The first-order chi connectivity index (χ1) is 28.6. The Kier molecular flexibility index (Phi) is 18.9. The summed E-state index contributed by atoms with van der Waals surface area (Å²) in [7, 11) is 3.80. The lowest BCUT2D eigenvalue weighted by molar-refractivity contribution is -0.313. The van der Waals surface area contributed by atoms with Gasteiger partial charge < -0.3 is 64.4 Å². The summed E-state index contributed by atoms with van der Waals surface area (Å²) in [4.78, 5) is 34.4. The molecule has 350 valence electrons. The van der Waals surface area contributed by atoms with Gasteiger partial charge in [0.05, 0.1) is 54.1 Å². The van der Waals surface area contributed by atoms with Gasteiger partial charge in [0.25, 0.3) is 0 Å². The molecular weight excluding hydrogens is 789 g/mol. The second-order valence-corrected chi connectivity index (χ2v) is 18.8. The minimum absolute atomic E-state index is 0.143. The van der Waals surface area contributed by atoms with Crippen LogP contribution in [-0.4, -0.2) is 154 Å². The highest BCUT2D eigenvalue weighted by atomic mass is 16.7. The minimum atomic E-state index is -2.00. The maximum Gasteiger partial charge on any atom is 0.311 e. The lowest BCUT2D eigenvalue weighted by atomic mass is 9.78. The number of pyridine rings is 1. The van der Waals surface area contributed by atoms with Crippen molar-refractivity contribution in [1.29, 1.82) is 0 Å². The number of carbonyl (C=O) groups excluding carboxylic acids is 2. The second-order valence-electron chi connectivity index (χ2n) is 18.8. The first-order valence-electron chi connectivity index (χ1n) is 22.4. The average molecular weight is 867 g/mol. The smallest absolute Gasteiger partial charge is 0.311 e. The molecule has 18 atom stereocenters. The van der Waals surface area contributed by atoms with E-state index in [1.165, 1.54) is 13.8 Å². The molecule has 61 heavy (non-hydrogen) atoms. The maximum absolute atomic E-state index is 14.4. The number of aliphatic hydroxyl groups is 4. The fourth-order valence-corrected chi connectivity index (χ4v) is 9.40. The van der Waals surface area contributed by atoms with Crippen LogP contribution in [0.4, 0.5) is 0 Å². The zero-order valence-electron chi connectivity index (χ0n) is 38.7. The third-order valence-corrected chi connectivity index (χ3v) is 13.2.